The smallest absolute Gasteiger partial charge is 0.342 e. The van der Waals surface area contributed by atoms with Crippen molar-refractivity contribution in [2.24, 2.45) is 0 Å². The number of anilines is 1. The van der Waals surface area contributed by atoms with E-state index in [9.17, 15) is 14.4 Å². The maximum Gasteiger partial charge on any atom is 0.342 e. The zero-order valence-electron chi connectivity index (χ0n) is 15.0. The summed E-state index contributed by atoms with van der Waals surface area (Å²) in [5, 5.41) is 9.58. The molecule has 0 radical (unpaired) electrons. The van der Waals surface area contributed by atoms with Crippen molar-refractivity contribution < 1.29 is 19.1 Å². The van der Waals surface area contributed by atoms with Crippen LogP contribution in [0.4, 0.5) is 5.00 Å². The van der Waals surface area contributed by atoms with Crippen molar-refractivity contribution in [3.63, 3.8) is 0 Å². The van der Waals surface area contributed by atoms with Gasteiger partial charge < -0.3 is 15.4 Å². The number of rotatable bonds is 8. The van der Waals surface area contributed by atoms with Crippen LogP contribution in [0.5, 0.6) is 0 Å². The molecule has 2 aromatic heterocycles. The van der Waals surface area contributed by atoms with Crippen LogP contribution in [0.15, 0.2) is 22.9 Å². The molecule has 0 unspecified atom stereocenters. The third-order valence-corrected chi connectivity index (χ3v) is 5.33. The average Bonchev–Trinajstić information content (AvgIpc) is 3.21. The van der Waals surface area contributed by atoms with Gasteiger partial charge in [-0.2, -0.15) is 0 Å². The molecule has 0 aliphatic rings. The maximum absolute atomic E-state index is 12.6. The molecule has 140 valence electrons. The van der Waals surface area contributed by atoms with Gasteiger partial charge >= 0.3 is 5.97 Å². The first kappa shape index (κ1) is 20.1. The Kier molecular flexibility index (Phi) is 7.35. The zero-order valence-corrected chi connectivity index (χ0v) is 16.6. The second-order valence-electron chi connectivity index (χ2n) is 5.85. The molecule has 0 spiro atoms. The SMILES string of the molecule is CCC[C@H](C)NC(=O)COC(=O)c1c(-c2cccs2)csc1NC(C)=O. The van der Waals surface area contributed by atoms with Gasteiger partial charge in [0.2, 0.25) is 5.91 Å². The van der Waals surface area contributed by atoms with E-state index in [4.69, 9.17) is 4.74 Å². The lowest BCUT2D eigenvalue weighted by Crippen LogP contribution is -2.35. The third-order valence-electron chi connectivity index (χ3n) is 3.53. The van der Waals surface area contributed by atoms with E-state index in [2.05, 4.69) is 10.6 Å². The summed E-state index contributed by atoms with van der Waals surface area (Å²) in [4.78, 5) is 36.8. The molecule has 2 aromatic rings. The number of ether oxygens (including phenoxy) is 1. The summed E-state index contributed by atoms with van der Waals surface area (Å²) in [6, 6.07) is 3.80. The highest BCUT2D eigenvalue weighted by Gasteiger charge is 2.23. The molecular weight excluding hydrogens is 372 g/mol. The number of hydrogen-bond donors (Lipinski definition) is 2. The predicted molar refractivity (Wildman–Crippen MR) is 105 cm³/mol. The number of thiophene rings is 2. The Labute approximate surface area is 160 Å². The molecule has 0 fully saturated rings. The minimum atomic E-state index is -0.628. The van der Waals surface area contributed by atoms with Gasteiger partial charge in [-0.25, -0.2) is 4.79 Å². The highest BCUT2D eigenvalue weighted by Crippen LogP contribution is 2.38. The van der Waals surface area contributed by atoms with Crippen LogP contribution in [0.25, 0.3) is 10.4 Å². The number of carbonyl (C=O) groups is 3. The fourth-order valence-electron chi connectivity index (χ4n) is 2.45. The van der Waals surface area contributed by atoms with Crippen molar-refractivity contribution >= 4 is 45.5 Å². The Bertz CT molecular complexity index is 768. The average molecular weight is 395 g/mol. The topological polar surface area (TPSA) is 84.5 Å². The number of nitrogens with one attached hydrogen (secondary N) is 2. The normalized spacial score (nSPS) is 11.7. The molecule has 26 heavy (non-hydrogen) atoms. The fraction of sp³-hybridized carbons (Fsp3) is 0.389. The van der Waals surface area contributed by atoms with E-state index in [1.807, 2.05) is 31.4 Å². The van der Waals surface area contributed by atoms with Gasteiger partial charge in [-0.15, -0.1) is 22.7 Å². The summed E-state index contributed by atoms with van der Waals surface area (Å²) in [5.41, 5.74) is 0.973. The Morgan fingerprint density at radius 1 is 1.27 bits per heavy atom. The quantitative estimate of drug-likeness (QED) is 0.665. The Morgan fingerprint density at radius 2 is 2.04 bits per heavy atom. The summed E-state index contributed by atoms with van der Waals surface area (Å²) in [6.07, 6.45) is 1.82. The van der Waals surface area contributed by atoms with Crippen LogP contribution in [-0.4, -0.2) is 30.4 Å². The van der Waals surface area contributed by atoms with Gasteiger partial charge in [-0.1, -0.05) is 19.4 Å². The lowest BCUT2D eigenvalue weighted by Gasteiger charge is -2.13. The summed E-state index contributed by atoms with van der Waals surface area (Å²) in [6.45, 7) is 4.97. The Hall–Kier alpha value is -2.19. The Balaban J connectivity index is 2.12. The minimum Gasteiger partial charge on any atom is -0.452 e. The number of amides is 2. The molecule has 8 heteroatoms. The first-order valence-corrected chi connectivity index (χ1v) is 10.1. The first-order valence-electron chi connectivity index (χ1n) is 8.31. The lowest BCUT2D eigenvalue weighted by atomic mass is 10.1. The highest BCUT2D eigenvalue weighted by molar-refractivity contribution is 7.17. The summed E-state index contributed by atoms with van der Waals surface area (Å²) < 4.78 is 5.20. The van der Waals surface area contributed by atoms with Crippen molar-refractivity contribution in [2.75, 3.05) is 11.9 Å². The number of esters is 1. The van der Waals surface area contributed by atoms with E-state index in [0.717, 1.165) is 17.7 Å². The van der Waals surface area contributed by atoms with E-state index in [1.54, 1.807) is 5.38 Å². The van der Waals surface area contributed by atoms with Crippen molar-refractivity contribution in [1.82, 2.24) is 5.32 Å². The van der Waals surface area contributed by atoms with Gasteiger partial charge in [0, 0.05) is 28.8 Å². The highest BCUT2D eigenvalue weighted by atomic mass is 32.1. The standard InChI is InChI=1S/C18H22N2O4S2/c1-4-6-11(2)19-15(22)9-24-18(23)16-13(14-7-5-8-25-14)10-26-17(16)20-12(3)21/h5,7-8,10-11H,4,6,9H2,1-3H3,(H,19,22)(H,20,21)/t11-/m0/s1. The van der Waals surface area contributed by atoms with E-state index in [1.165, 1.54) is 29.6 Å². The van der Waals surface area contributed by atoms with Gasteiger partial charge in [0.15, 0.2) is 6.61 Å². The van der Waals surface area contributed by atoms with Crippen LogP contribution in [0, 0.1) is 0 Å². The molecule has 2 N–H and O–H groups in total. The van der Waals surface area contributed by atoms with Gasteiger partial charge in [-0.05, 0) is 24.8 Å². The second-order valence-corrected chi connectivity index (χ2v) is 7.67. The number of hydrogen-bond acceptors (Lipinski definition) is 6. The monoisotopic (exact) mass is 394 g/mol. The molecule has 1 atom stereocenters. The molecule has 2 amide bonds. The lowest BCUT2D eigenvalue weighted by molar-refractivity contribution is -0.124. The van der Waals surface area contributed by atoms with E-state index < -0.39 is 5.97 Å². The molecule has 0 aromatic carbocycles. The van der Waals surface area contributed by atoms with Crippen LogP contribution in [-0.2, 0) is 14.3 Å². The maximum atomic E-state index is 12.6. The van der Waals surface area contributed by atoms with Gasteiger partial charge in [-0.3, -0.25) is 9.59 Å². The molecule has 0 saturated heterocycles. The van der Waals surface area contributed by atoms with Crippen LogP contribution in [0.3, 0.4) is 0 Å². The molecule has 2 rings (SSSR count). The van der Waals surface area contributed by atoms with E-state index in [-0.39, 0.29) is 30.0 Å². The van der Waals surface area contributed by atoms with Gasteiger partial charge in [0.1, 0.15) is 10.6 Å². The van der Waals surface area contributed by atoms with Crippen molar-refractivity contribution in [3.8, 4) is 10.4 Å². The van der Waals surface area contributed by atoms with Gasteiger partial charge in [0.25, 0.3) is 5.91 Å². The number of carbonyl (C=O) groups excluding carboxylic acids is 3. The van der Waals surface area contributed by atoms with Crippen LogP contribution >= 0.6 is 22.7 Å². The Morgan fingerprint density at radius 3 is 2.65 bits per heavy atom. The summed E-state index contributed by atoms with van der Waals surface area (Å²) >= 11 is 2.74. The molecule has 2 heterocycles. The van der Waals surface area contributed by atoms with Crippen LogP contribution in [0.1, 0.15) is 44.0 Å². The fourth-order valence-corrected chi connectivity index (χ4v) is 4.27. The van der Waals surface area contributed by atoms with Gasteiger partial charge in [0.05, 0.1) is 0 Å². The molecule has 0 saturated carbocycles. The van der Waals surface area contributed by atoms with Crippen molar-refractivity contribution in [3.05, 3.63) is 28.5 Å². The summed E-state index contributed by atoms with van der Waals surface area (Å²) in [5.74, 6) is -1.24. The summed E-state index contributed by atoms with van der Waals surface area (Å²) in [7, 11) is 0. The van der Waals surface area contributed by atoms with Crippen molar-refractivity contribution in [1.29, 1.82) is 0 Å². The first-order chi connectivity index (χ1) is 12.4. The molecule has 0 aliphatic carbocycles. The molecule has 0 aliphatic heterocycles. The van der Waals surface area contributed by atoms with Crippen LogP contribution in [0.2, 0.25) is 0 Å². The molecule has 0 bridgehead atoms. The minimum absolute atomic E-state index is 0.0315. The molecule has 6 nitrogen and oxygen atoms in total. The third kappa shape index (κ3) is 5.40. The predicted octanol–water partition coefficient (Wildman–Crippen LogP) is 3.90. The zero-order chi connectivity index (χ0) is 19.1. The second kappa shape index (κ2) is 9.49. The molecular formula is C18H22N2O4S2. The van der Waals surface area contributed by atoms with Crippen molar-refractivity contribution in [2.45, 2.75) is 39.7 Å². The largest absolute Gasteiger partial charge is 0.452 e. The van der Waals surface area contributed by atoms with E-state index >= 15 is 0 Å². The van der Waals surface area contributed by atoms with E-state index in [0.29, 0.717) is 10.6 Å². The van der Waals surface area contributed by atoms with Crippen LogP contribution < -0.4 is 10.6 Å².